The predicted octanol–water partition coefficient (Wildman–Crippen LogP) is 2.10. The van der Waals surface area contributed by atoms with E-state index in [0.717, 1.165) is 6.42 Å². The molecule has 0 bridgehead atoms. The van der Waals surface area contributed by atoms with Gasteiger partial charge in [-0.05, 0) is 26.2 Å². The molecule has 0 aliphatic heterocycles. The average Bonchev–Trinajstić information content (AvgIpc) is 2.39. The van der Waals surface area contributed by atoms with Gasteiger partial charge in [-0.15, -0.1) is 0 Å². The van der Waals surface area contributed by atoms with Crippen molar-refractivity contribution in [2.45, 2.75) is 47.5 Å². The number of rotatable bonds is 6. The Morgan fingerprint density at radius 3 is 1.60 bits per heavy atom. The van der Waals surface area contributed by atoms with E-state index in [1.54, 1.807) is 20.8 Å². The zero-order valence-corrected chi connectivity index (χ0v) is 13.1. The van der Waals surface area contributed by atoms with Crippen LogP contribution in [0, 0.1) is 5.92 Å². The quantitative estimate of drug-likeness (QED) is 0.423. The number of esters is 3. The van der Waals surface area contributed by atoms with Crippen molar-refractivity contribution in [3.05, 3.63) is 0 Å². The van der Waals surface area contributed by atoms with Gasteiger partial charge in [0, 0.05) is 6.42 Å². The molecule has 20 heavy (non-hydrogen) atoms. The molecule has 0 aliphatic carbocycles. The summed E-state index contributed by atoms with van der Waals surface area (Å²) in [6.07, 6.45) is 1.45. The van der Waals surface area contributed by atoms with Crippen LogP contribution in [0.4, 0.5) is 0 Å². The van der Waals surface area contributed by atoms with E-state index in [4.69, 9.17) is 4.74 Å². The molecule has 0 heterocycles. The highest BCUT2D eigenvalue weighted by Crippen LogP contribution is 1.99. The summed E-state index contributed by atoms with van der Waals surface area (Å²) in [5.41, 5.74) is 0. The van der Waals surface area contributed by atoms with Crippen LogP contribution in [0.3, 0.4) is 0 Å². The molecule has 0 amide bonds. The maximum atomic E-state index is 10.6. The molecule has 6 nitrogen and oxygen atoms in total. The van der Waals surface area contributed by atoms with Crippen LogP contribution < -0.4 is 0 Å². The third kappa shape index (κ3) is 14.5. The predicted molar refractivity (Wildman–Crippen MR) is 74.0 cm³/mol. The van der Waals surface area contributed by atoms with Crippen molar-refractivity contribution < 1.29 is 28.6 Å². The second-order valence-electron chi connectivity index (χ2n) is 4.20. The molecule has 0 unspecified atom stereocenters. The Kier molecular flexibility index (Phi) is 14.3. The molecule has 0 fully saturated rings. The van der Waals surface area contributed by atoms with Crippen molar-refractivity contribution in [2.24, 2.45) is 5.92 Å². The van der Waals surface area contributed by atoms with Gasteiger partial charge in [0.25, 0.3) is 0 Å². The second kappa shape index (κ2) is 13.8. The Balaban J connectivity index is 0. The normalized spacial score (nSPS) is 9.30. The molecule has 0 aromatic rings. The SMILES string of the molecule is CCC(=O)OCCC(C)C.CCOC(=O)C(=O)OCC. The van der Waals surface area contributed by atoms with Crippen LogP contribution in [-0.2, 0) is 28.6 Å². The fourth-order valence-corrected chi connectivity index (χ4v) is 0.891. The van der Waals surface area contributed by atoms with E-state index < -0.39 is 11.9 Å². The van der Waals surface area contributed by atoms with Crippen LogP contribution >= 0.6 is 0 Å². The molecular formula is C14H26O6. The Morgan fingerprint density at radius 2 is 1.30 bits per heavy atom. The molecule has 0 N–H and O–H groups in total. The molecule has 0 atom stereocenters. The zero-order chi connectivity index (χ0) is 16.0. The van der Waals surface area contributed by atoms with E-state index in [2.05, 4.69) is 23.3 Å². The highest BCUT2D eigenvalue weighted by molar-refractivity contribution is 6.29. The first-order chi connectivity index (χ1) is 9.38. The van der Waals surface area contributed by atoms with Gasteiger partial charge in [0.1, 0.15) is 0 Å². The van der Waals surface area contributed by atoms with E-state index in [1.807, 2.05) is 0 Å². The summed E-state index contributed by atoms with van der Waals surface area (Å²) >= 11 is 0. The summed E-state index contributed by atoms with van der Waals surface area (Å²) < 4.78 is 13.5. The number of ether oxygens (including phenoxy) is 3. The molecule has 0 spiro atoms. The van der Waals surface area contributed by atoms with Gasteiger partial charge in [-0.1, -0.05) is 20.8 Å². The van der Waals surface area contributed by atoms with E-state index in [1.165, 1.54) is 0 Å². The fraction of sp³-hybridized carbons (Fsp3) is 0.786. The number of hydrogen-bond donors (Lipinski definition) is 0. The summed E-state index contributed by atoms with van der Waals surface area (Å²) in [4.78, 5) is 31.4. The van der Waals surface area contributed by atoms with E-state index in [9.17, 15) is 14.4 Å². The van der Waals surface area contributed by atoms with Crippen molar-refractivity contribution in [1.82, 2.24) is 0 Å². The number of hydrogen-bond acceptors (Lipinski definition) is 6. The second-order valence-corrected chi connectivity index (χ2v) is 4.20. The molecule has 0 aliphatic rings. The van der Waals surface area contributed by atoms with Crippen LogP contribution in [0.5, 0.6) is 0 Å². The minimum absolute atomic E-state index is 0.0966. The summed E-state index contributed by atoms with van der Waals surface area (Å²) in [6, 6.07) is 0. The lowest BCUT2D eigenvalue weighted by molar-refractivity contribution is -0.167. The van der Waals surface area contributed by atoms with Crippen LogP contribution in [0.15, 0.2) is 0 Å². The molecule has 0 radical (unpaired) electrons. The first-order valence-electron chi connectivity index (χ1n) is 6.88. The van der Waals surface area contributed by atoms with E-state index in [-0.39, 0.29) is 19.2 Å². The van der Waals surface area contributed by atoms with Gasteiger partial charge < -0.3 is 14.2 Å². The topological polar surface area (TPSA) is 78.9 Å². The largest absolute Gasteiger partial charge is 0.466 e. The summed E-state index contributed by atoms with van der Waals surface area (Å²) in [5.74, 6) is -1.33. The molecular weight excluding hydrogens is 264 g/mol. The highest BCUT2D eigenvalue weighted by Gasteiger charge is 2.14. The van der Waals surface area contributed by atoms with Gasteiger partial charge in [0.15, 0.2) is 0 Å². The fourth-order valence-electron chi connectivity index (χ4n) is 0.891. The Morgan fingerprint density at radius 1 is 0.850 bits per heavy atom. The molecule has 0 saturated carbocycles. The van der Waals surface area contributed by atoms with Gasteiger partial charge in [0.2, 0.25) is 0 Å². The smallest absolute Gasteiger partial charge is 0.417 e. The lowest BCUT2D eigenvalue weighted by atomic mass is 10.1. The molecule has 0 saturated heterocycles. The van der Waals surface area contributed by atoms with Gasteiger partial charge in [-0.2, -0.15) is 0 Å². The van der Waals surface area contributed by atoms with E-state index in [0.29, 0.717) is 18.9 Å². The van der Waals surface area contributed by atoms with Gasteiger partial charge >= 0.3 is 17.9 Å². The Labute approximate surface area is 120 Å². The monoisotopic (exact) mass is 290 g/mol. The van der Waals surface area contributed by atoms with Crippen LogP contribution in [-0.4, -0.2) is 37.7 Å². The van der Waals surface area contributed by atoms with Gasteiger partial charge in [-0.3, -0.25) is 4.79 Å². The summed E-state index contributed by atoms with van der Waals surface area (Å²) in [5, 5.41) is 0. The lowest BCUT2D eigenvalue weighted by Gasteiger charge is -2.04. The summed E-state index contributed by atoms with van der Waals surface area (Å²) in [7, 11) is 0. The minimum atomic E-state index is -0.927. The lowest BCUT2D eigenvalue weighted by Crippen LogP contribution is -2.19. The van der Waals surface area contributed by atoms with Crippen LogP contribution in [0.1, 0.15) is 47.5 Å². The number of carbonyl (C=O) groups is 3. The van der Waals surface area contributed by atoms with E-state index >= 15 is 0 Å². The molecule has 0 rings (SSSR count). The van der Waals surface area contributed by atoms with Crippen LogP contribution in [0.25, 0.3) is 0 Å². The third-order valence-electron chi connectivity index (χ3n) is 1.96. The maximum Gasteiger partial charge on any atom is 0.417 e. The maximum absolute atomic E-state index is 10.6. The van der Waals surface area contributed by atoms with Crippen molar-refractivity contribution in [2.75, 3.05) is 19.8 Å². The molecule has 118 valence electrons. The zero-order valence-electron chi connectivity index (χ0n) is 13.1. The standard InChI is InChI=1S/C8H16O2.C6H10O4/c1-4-8(9)10-6-5-7(2)3;1-3-9-5(7)6(8)10-4-2/h7H,4-6H2,1-3H3;3-4H2,1-2H3. The van der Waals surface area contributed by atoms with Crippen molar-refractivity contribution >= 4 is 17.9 Å². The van der Waals surface area contributed by atoms with Crippen molar-refractivity contribution in [1.29, 1.82) is 0 Å². The van der Waals surface area contributed by atoms with Gasteiger partial charge in [0.05, 0.1) is 19.8 Å². The first-order valence-corrected chi connectivity index (χ1v) is 6.88. The van der Waals surface area contributed by atoms with Crippen molar-refractivity contribution in [3.8, 4) is 0 Å². The molecule has 6 heteroatoms. The average molecular weight is 290 g/mol. The minimum Gasteiger partial charge on any atom is -0.466 e. The molecule has 0 aromatic heterocycles. The molecule has 0 aromatic carbocycles. The van der Waals surface area contributed by atoms with Crippen molar-refractivity contribution in [3.63, 3.8) is 0 Å². The number of carbonyl (C=O) groups excluding carboxylic acids is 3. The summed E-state index contributed by atoms with van der Waals surface area (Å²) in [6.45, 7) is 10.2. The highest BCUT2D eigenvalue weighted by atomic mass is 16.6. The van der Waals surface area contributed by atoms with Gasteiger partial charge in [-0.25, -0.2) is 9.59 Å². The Bertz CT molecular complexity index is 269. The van der Waals surface area contributed by atoms with Crippen LogP contribution in [0.2, 0.25) is 0 Å². The Hall–Kier alpha value is -1.59. The third-order valence-corrected chi connectivity index (χ3v) is 1.96. The first kappa shape index (κ1) is 20.7.